The molecule has 0 aliphatic carbocycles. The van der Waals surface area contributed by atoms with Gasteiger partial charge in [-0.1, -0.05) is 74.7 Å². The monoisotopic (exact) mass is 658 g/mol. The first-order valence-electron chi connectivity index (χ1n) is 18.4. The van der Waals surface area contributed by atoms with Gasteiger partial charge in [-0.05, 0) is 86.0 Å². The Balaban J connectivity index is 6.35. The highest BCUT2D eigenvalue weighted by Gasteiger charge is 2.59. The van der Waals surface area contributed by atoms with Gasteiger partial charge in [0.05, 0.1) is 35.4 Å². The van der Waals surface area contributed by atoms with Crippen LogP contribution in [0, 0.1) is 22.2 Å². The zero-order valence-electron chi connectivity index (χ0n) is 32.6. The molecule has 2 N–H and O–H groups in total. The highest BCUT2D eigenvalue weighted by Crippen LogP contribution is 2.55. The second kappa shape index (κ2) is 19.7. The molecule has 0 fully saturated rings. The predicted molar refractivity (Wildman–Crippen MR) is 189 cm³/mol. The second-order valence-corrected chi connectivity index (χ2v) is 14.7. The van der Waals surface area contributed by atoms with Crippen molar-refractivity contribution in [3.05, 3.63) is 0 Å². The van der Waals surface area contributed by atoms with Crippen molar-refractivity contribution < 1.29 is 33.3 Å². The molecule has 8 heteroatoms. The normalized spacial score (nSPS) is 20.0. The molecule has 46 heavy (non-hydrogen) atoms. The maximum absolute atomic E-state index is 14.3. The fourth-order valence-electron chi connectivity index (χ4n) is 7.19. The lowest BCUT2D eigenvalue weighted by Gasteiger charge is -2.54. The van der Waals surface area contributed by atoms with Crippen LogP contribution in [0.1, 0.15) is 155 Å². The van der Waals surface area contributed by atoms with Gasteiger partial charge in [0.2, 0.25) is 0 Å². The molecule has 0 aromatic rings. The van der Waals surface area contributed by atoms with Crippen molar-refractivity contribution in [3.8, 4) is 0 Å². The van der Waals surface area contributed by atoms with Crippen LogP contribution in [-0.4, -0.2) is 68.3 Å². The molecular formula is C38H75NO7. The van der Waals surface area contributed by atoms with Crippen LogP contribution < -0.4 is 5.73 Å². The van der Waals surface area contributed by atoms with E-state index >= 15 is 0 Å². The zero-order chi connectivity index (χ0) is 35.9. The van der Waals surface area contributed by atoms with E-state index in [9.17, 15) is 9.59 Å². The van der Waals surface area contributed by atoms with E-state index in [0.717, 1.165) is 44.9 Å². The number of carbonyl (C=O) groups excluding carboxylic acids is 2. The summed E-state index contributed by atoms with van der Waals surface area (Å²) in [6, 6.07) is 0. The number of rotatable bonds is 26. The van der Waals surface area contributed by atoms with Crippen LogP contribution >= 0.6 is 0 Å². The molecule has 0 radical (unpaired) electrons. The topological polar surface area (TPSA) is 106 Å². The highest BCUT2D eigenvalue weighted by molar-refractivity contribution is 5.80. The van der Waals surface area contributed by atoms with E-state index in [-0.39, 0.29) is 37.9 Å². The van der Waals surface area contributed by atoms with Gasteiger partial charge in [0.25, 0.3) is 0 Å². The number of esters is 2. The Kier molecular flexibility index (Phi) is 19.2. The summed E-state index contributed by atoms with van der Waals surface area (Å²) >= 11 is 0. The van der Waals surface area contributed by atoms with Crippen LogP contribution in [0.25, 0.3) is 0 Å². The molecule has 0 aliphatic rings. The minimum atomic E-state index is -1.20. The lowest BCUT2D eigenvalue weighted by molar-refractivity contribution is -0.206. The third kappa shape index (κ3) is 10.6. The number of hydrogen-bond donors (Lipinski definition) is 1. The van der Waals surface area contributed by atoms with Gasteiger partial charge >= 0.3 is 11.9 Å². The van der Waals surface area contributed by atoms with Gasteiger partial charge < -0.3 is 29.4 Å². The van der Waals surface area contributed by atoms with Gasteiger partial charge in [-0.2, -0.15) is 0 Å². The van der Waals surface area contributed by atoms with Gasteiger partial charge in [0.1, 0.15) is 18.6 Å². The minimum Gasteiger partial charge on any atom is -0.464 e. The Morgan fingerprint density at radius 2 is 1.26 bits per heavy atom. The van der Waals surface area contributed by atoms with Crippen LogP contribution in [0.15, 0.2) is 0 Å². The standard InChI is InChI=1S/C38H75NO7/c1-15-23-36(12,30(16-2)17-3)46-29-33(9,31(40)42-27-25-39)28-43-32(41)35(11,19-5)37(13,20-6)38(14,21-7)45-26-24-34(10,18-4)44-22-8/h30H,15-29,39H2,1-14H3. The smallest absolute Gasteiger partial charge is 0.317 e. The third-order valence-electron chi connectivity index (χ3n) is 11.9. The van der Waals surface area contributed by atoms with Crippen LogP contribution in [0.4, 0.5) is 0 Å². The fourth-order valence-corrected chi connectivity index (χ4v) is 7.19. The SMILES string of the molecule is CCCC(C)(OCC(C)(COC(=O)C(C)(CC)C(C)(CC)C(C)(CC)OCCC(C)(CC)OCC)C(=O)OCCN)C(CC)CC. The summed E-state index contributed by atoms with van der Waals surface area (Å²) in [6.07, 6.45) is 7.41. The van der Waals surface area contributed by atoms with E-state index in [1.807, 2.05) is 20.8 Å². The van der Waals surface area contributed by atoms with Crippen LogP contribution in [0.3, 0.4) is 0 Å². The first-order valence-corrected chi connectivity index (χ1v) is 18.4. The van der Waals surface area contributed by atoms with Crippen molar-refractivity contribution in [2.75, 3.05) is 39.6 Å². The summed E-state index contributed by atoms with van der Waals surface area (Å²) in [6.45, 7) is 30.6. The Morgan fingerprint density at radius 1 is 0.652 bits per heavy atom. The first kappa shape index (κ1) is 44.8. The minimum absolute atomic E-state index is 0.0797. The van der Waals surface area contributed by atoms with Crippen molar-refractivity contribution in [2.24, 2.45) is 27.9 Å². The van der Waals surface area contributed by atoms with Gasteiger partial charge in [0, 0.05) is 18.6 Å². The Bertz CT molecular complexity index is 896. The molecule has 8 nitrogen and oxygen atoms in total. The van der Waals surface area contributed by atoms with Crippen molar-refractivity contribution >= 4 is 11.9 Å². The average molecular weight is 658 g/mol. The Morgan fingerprint density at radius 3 is 1.70 bits per heavy atom. The van der Waals surface area contributed by atoms with Crippen LogP contribution in [0.5, 0.6) is 0 Å². The Hall–Kier alpha value is -1.22. The maximum Gasteiger partial charge on any atom is 0.317 e. The summed E-state index contributed by atoms with van der Waals surface area (Å²) < 4.78 is 31.1. The van der Waals surface area contributed by atoms with Crippen LogP contribution in [0.2, 0.25) is 0 Å². The van der Waals surface area contributed by atoms with Crippen molar-refractivity contribution in [1.82, 2.24) is 0 Å². The second-order valence-electron chi connectivity index (χ2n) is 14.7. The molecule has 274 valence electrons. The molecule has 0 saturated carbocycles. The number of carbonyl (C=O) groups is 2. The van der Waals surface area contributed by atoms with E-state index in [2.05, 4.69) is 69.2 Å². The molecular weight excluding hydrogens is 582 g/mol. The van der Waals surface area contributed by atoms with Crippen molar-refractivity contribution in [3.63, 3.8) is 0 Å². The Labute approximate surface area is 283 Å². The molecule has 6 atom stereocenters. The van der Waals surface area contributed by atoms with Crippen LogP contribution in [-0.2, 0) is 33.3 Å². The van der Waals surface area contributed by atoms with Gasteiger partial charge in [-0.15, -0.1) is 0 Å². The van der Waals surface area contributed by atoms with E-state index in [0.29, 0.717) is 32.0 Å². The molecule has 0 heterocycles. The van der Waals surface area contributed by atoms with Crippen molar-refractivity contribution in [1.29, 1.82) is 0 Å². The summed E-state index contributed by atoms with van der Waals surface area (Å²) in [4.78, 5) is 27.8. The summed E-state index contributed by atoms with van der Waals surface area (Å²) in [5, 5.41) is 0. The summed E-state index contributed by atoms with van der Waals surface area (Å²) in [7, 11) is 0. The average Bonchev–Trinajstić information content (AvgIpc) is 3.04. The van der Waals surface area contributed by atoms with E-state index < -0.39 is 33.4 Å². The molecule has 6 unspecified atom stereocenters. The molecule has 0 aromatic heterocycles. The van der Waals surface area contributed by atoms with Gasteiger partial charge in [-0.3, -0.25) is 9.59 Å². The highest BCUT2D eigenvalue weighted by atomic mass is 16.6. The molecule has 0 saturated heterocycles. The summed E-state index contributed by atoms with van der Waals surface area (Å²) in [5.41, 5.74) is 1.72. The van der Waals surface area contributed by atoms with E-state index in [1.165, 1.54) is 0 Å². The zero-order valence-corrected chi connectivity index (χ0v) is 32.6. The maximum atomic E-state index is 14.3. The lowest BCUT2D eigenvalue weighted by atomic mass is 9.54. The number of ether oxygens (including phenoxy) is 5. The molecule has 0 aromatic carbocycles. The third-order valence-corrected chi connectivity index (χ3v) is 11.9. The van der Waals surface area contributed by atoms with Crippen molar-refractivity contribution in [2.45, 2.75) is 172 Å². The van der Waals surface area contributed by atoms with E-state index in [1.54, 1.807) is 6.92 Å². The quantitative estimate of drug-likeness (QED) is 0.0922. The summed E-state index contributed by atoms with van der Waals surface area (Å²) in [5.74, 6) is -0.478. The predicted octanol–water partition coefficient (Wildman–Crippen LogP) is 8.66. The molecule has 0 aliphatic heterocycles. The molecule has 0 rings (SSSR count). The molecule has 0 spiro atoms. The lowest BCUT2D eigenvalue weighted by Crippen LogP contribution is -2.58. The first-order chi connectivity index (χ1) is 21.4. The largest absolute Gasteiger partial charge is 0.464 e. The van der Waals surface area contributed by atoms with E-state index in [4.69, 9.17) is 29.4 Å². The number of hydrogen-bond acceptors (Lipinski definition) is 8. The van der Waals surface area contributed by atoms with Gasteiger partial charge in [0.15, 0.2) is 0 Å². The molecule has 0 amide bonds. The number of nitrogens with two attached hydrogens (primary N) is 1. The fraction of sp³-hybridized carbons (Fsp3) is 0.947. The van der Waals surface area contributed by atoms with Gasteiger partial charge in [-0.25, -0.2) is 0 Å². The molecule has 0 bridgehead atoms.